The van der Waals surface area contributed by atoms with Crippen LogP contribution in [0.15, 0.2) is 0 Å². The zero-order chi connectivity index (χ0) is 60.2. The van der Waals surface area contributed by atoms with Gasteiger partial charge in [0.25, 0.3) is 0 Å². The van der Waals surface area contributed by atoms with Crippen LogP contribution in [0.25, 0.3) is 0 Å². The maximum atomic E-state index is 5.20. The van der Waals surface area contributed by atoms with Gasteiger partial charge in [-0.05, 0) is 51.4 Å². The molecule has 0 unspecified atom stereocenters. The standard InChI is InChI=1S/4C17H35NS2.Sn/c4*1-3-5-7-9-11-13-15-18(17(19)20)16-14-12-10-8-6-4-2;/h4*3-16H2,1-2H3,(H,19,20);/q;;;;+4/p-4. The van der Waals surface area contributed by atoms with Crippen molar-refractivity contribution in [1.29, 1.82) is 0 Å². The molecule has 0 aromatic carbocycles. The monoisotopic (exact) mass is 1380 g/mol. The summed E-state index contributed by atoms with van der Waals surface area (Å²) in [6, 6.07) is 0. The van der Waals surface area contributed by atoms with Gasteiger partial charge in [0, 0.05) is 52.4 Å². The molecular formula is C68H136N4S8Sn. The summed E-state index contributed by atoms with van der Waals surface area (Å²) in [7, 11) is 0. The normalized spacial score (nSPS) is 10.6. The topological polar surface area (TPSA) is 13.0 Å². The SMILES string of the molecule is CCCCCCCCN(CCCCCCCC)C(=S)[S-].CCCCCCCCN(CCCCCCCC)C(=S)[S-].CCCCCCCCN(CCCCCCCC)C(=S)[S-].CCCCCCCCN(CCCCCCCC)C(=S)[S-].[Sn+4]. The largest absolute Gasteiger partial charge is 4.00 e. The Morgan fingerprint density at radius 3 is 0.358 bits per heavy atom. The molecule has 0 fully saturated rings. The van der Waals surface area contributed by atoms with Crippen molar-refractivity contribution in [3.05, 3.63) is 0 Å². The van der Waals surface area contributed by atoms with Gasteiger partial charge in [0.05, 0.1) is 0 Å². The molecule has 0 aromatic heterocycles. The van der Waals surface area contributed by atoms with Crippen LogP contribution in [0.5, 0.6) is 0 Å². The van der Waals surface area contributed by atoms with Gasteiger partial charge in [-0.2, -0.15) is 0 Å². The maximum absolute atomic E-state index is 5.20. The molecule has 0 aromatic rings. The minimum atomic E-state index is 0. The first-order valence-electron chi connectivity index (χ1n) is 34.7. The van der Waals surface area contributed by atoms with Crippen LogP contribution in [0, 0.1) is 0 Å². The van der Waals surface area contributed by atoms with Crippen LogP contribution in [0.2, 0.25) is 0 Å². The third-order valence-corrected chi connectivity index (χ3v) is 17.4. The van der Waals surface area contributed by atoms with E-state index in [0.717, 1.165) is 52.4 Å². The van der Waals surface area contributed by atoms with E-state index in [2.05, 4.69) is 75.0 Å². The molecule has 0 amide bonds. The summed E-state index contributed by atoms with van der Waals surface area (Å²) in [6.45, 7) is 26.7. The summed E-state index contributed by atoms with van der Waals surface area (Å²) in [5, 5.41) is 0. The predicted octanol–water partition coefficient (Wildman–Crippen LogP) is 23.0. The van der Waals surface area contributed by atoms with Crippen LogP contribution in [0.1, 0.15) is 364 Å². The number of thiocarbonyl (C=S) groups is 4. The quantitative estimate of drug-likeness (QED) is 0.0249. The Bertz CT molecular complexity index is 1000. The van der Waals surface area contributed by atoms with Crippen molar-refractivity contribution in [3.63, 3.8) is 0 Å². The Labute approximate surface area is 570 Å². The van der Waals surface area contributed by atoms with E-state index < -0.39 is 0 Å². The summed E-state index contributed by atoms with van der Waals surface area (Å²) < 4.78 is 2.69. The molecule has 0 heterocycles. The third kappa shape index (κ3) is 77.3. The summed E-state index contributed by atoms with van der Waals surface area (Å²) in [6.07, 6.45) is 64.1. The average molecular weight is 1390 g/mol. The first-order chi connectivity index (χ1) is 38.9. The molecule has 0 atom stereocenters. The summed E-state index contributed by atoms with van der Waals surface area (Å²) in [4.78, 5) is 8.96. The van der Waals surface area contributed by atoms with E-state index in [4.69, 9.17) is 99.4 Å². The Kier molecular flexibility index (Phi) is 89.0. The van der Waals surface area contributed by atoms with Gasteiger partial charge >= 0.3 is 23.9 Å². The van der Waals surface area contributed by atoms with Crippen molar-refractivity contribution < 1.29 is 0 Å². The van der Waals surface area contributed by atoms with E-state index in [1.165, 1.54) is 308 Å². The Balaban J connectivity index is -0.000000316. The number of rotatable bonds is 56. The fourth-order valence-electron chi connectivity index (χ4n) is 9.84. The fourth-order valence-corrected chi connectivity index (χ4v) is 11.3. The zero-order valence-electron chi connectivity index (χ0n) is 55.2. The van der Waals surface area contributed by atoms with Crippen molar-refractivity contribution in [2.75, 3.05) is 52.4 Å². The molecule has 0 aliphatic rings. The first-order valence-corrected chi connectivity index (χ1v) is 38.0. The minimum Gasteiger partial charge on any atom is -0.411 e. The smallest absolute Gasteiger partial charge is 0.411 e. The Morgan fingerprint density at radius 2 is 0.272 bits per heavy atom. The molecule has 0 aliphatic carbocycles. The summed E-state index contributed by atoms with van der Waals surface area (Å²) in [5.41, 5.74) is 0. The molecule has 0 aliphatic heterocycles. The van der Waals surface area contributed by atoms with E-state index in [-0.39, 0.29) is 23.9 Å². The molecule has 0 rings (SSSR count). The second kappa shape index (κ2) is 79.3. The molecule has 0 saturated carbocycles. The second-order valence-electron chi connectivity index (χ2n) is 23.2. The van der Waals surface area contributed by atoms with Crippen LogP contribution in [0.3, 0.4) is 0 Å². The Hall–Kier alpha value is 1.24. The number of hydrogen-bond acceptors (Lipinski definition) is 8. The van der Waals surface area contributed by atoms with E-state index in [1.807, 2.05) is 0 Å². The molecular weight excluding hydrogens is 1250 g/mol. The predicted molar refractivity (Wildman–Crippen MR) is 399 cm³/mol. The van der Waals surface area contributed by atoms with E-state index >= 15 is 0 Å². The van der Waals surface area contributed by atoms with Crippen molar-refractivity contribution in [3.8, 4) is 0 Å². The third-order valence-electron chi connectivity index (χ3n) is 15.3. The molecule has 13 heteroatoms. The molecule has 0 bridgehead atoms. The van der Waals surface area contributed by atoms with Gasteiger partial charge in [0.15, 0.2) is 0 Å². The number of hydrogen-bond donors (Lipinski definition) is 0. The van der Waals surface area contributed by atoms with E-state index in [0.29, 0.717) is 17.3 Å². The number of nitrogens with zero attached hydrogens (tertiary/aromatic N) is 4. The van der Waals surface area contributed by atoms with Gasteiger partial charge in [-0.15, -0.1) is 0 Å². The fraction of sp³-hybridized carbons (Fsp3) is 0.941. The summed E-state index contributed by atoms with van der Waals surface area (Å²) >= 11 is 41.6. The number of unbranched alkanes of at least 4 members (excludes halogenated alkanes) is 40. The first kappa shape index (κ1) is 91.0. The van der Waals surface area contributed by atoms with E-state index in [1.54, 1.807) is 0 Å². The summed E-state index contributed by atoms with van der Waals surface area (Å²) in [5.74, 6) is 0. The molecule has 0 N–H and O–H groups in total. The maximum Gasteiger partial charge on any atom is 4.00 e. The van der Waals surface area contributed by atoms with Gasteiger partial charge in [0.2, 0.25) is 0 Å². The van der Waals surface area contributed by atoms with Crippen LogP contribution >= 0.6 is 48.9 Å². The Morgan fingerprint density at radius 1 is 0.185 bits per heavy atom. The van der Waals surface area contributed by atoms with Crippen molar-refractivity contribution in [2.24, 2.45) is 0 Å². The molecule has 0 radical (unpaired) electrons. The van der Waals surface area contributed by atoms with Gasteiger partial charge in [-0.1, -0.05) is 330 Å². The van der Waals surface area contributed by atoms with Crippen molar-refractivity contribution in [2.45, 2.75) is 364 Å². The van der Waals surface area contributed by atoms with Crippen molar-refractivity contribution in [1.82, 2.24) is 19.6 Å². The van der Waals surface area contributed by atoms with Crippen LogP contribution in [-0.2, 0) is 50.5 Å². The van der Waals surface area contributed by atoms with Crippen LogP contribution < -0.4 is 0 Å². The molecule has 81 heavy (non-hydrogen) atoms. The molecule has 480 valence electrons. The average Bonchev–Trinajstić information content (AvgIpc) is 3.44. The zero-order valence-corrected chi connectivity index (χ0v) is 64.5. The van der Waals surface area contributed by atoms with E-state index in [9.17, 15) is 0 Å². The van der Waals surface area contributed by atoms with Crippen molar-refractivity contribution >= 4 is 141 Å². The second-order valence-corrected chi connectivity index (χ2v) is 27.3. The van der Waals surface area contributed by atoms with Gasteiger partial charge < -0.3 is 119 Å². The molecule has 4 nitrogen and oxygen atoms in total. The van der Waals surface area contributed by atoms with Gasteiger partial charge in [0.1, 0.15) is 0 Å². The molecule has 0 saturated heterocycles. The van der Waals surface area contributed by atoms with Gasteiger partial charge in [-0.3, -0.25) is 0 Å². The van der Waals surface area contributed by atoms with Crippen LogP contribution in [0.4, 0.5) is 0 Å². The molecule has 0 spiro atoms. The van der Waals surface area contributed by atoms with Crippen LogP contribution in [-0.4, -0.2) is 113 Å². The van der Waals surface area contributed by atoms with Gasteiger partial charge in [-0.25, -0.2) is 0 Å². The minimum absolute atomic E-state index is 0.